The summed E-state index contributed by atoms with van der Waals surface area (Å²) < 4.78 is 9.55. The van der Waals surface area contributed by atoms with Crippen LogP contribution in [-0.2, 0) is 0 Å². The van der Waals surface area contributed by atoms with E-state index in [4.69, 9.17) is 4.74 Å². The Bertz CT molecular complexity index is 946. The van der Waals surface area contributed by atoms with Crippen molar-refractivity contribution in [1.82, 2.24) is 9.99 Å². The second-order valence-corrected chi connectivity index (χ2v) is 7.88. The maximum atomic E-state index is 12.6. The first kappa shape index (κ1) is 19.9. The molecule has 0 unspecified atom stereocenters. The van der Waals surface area contributed by atoms with Crippen molar-refractivity contribution >= 4 is 57.3 Å². The molecule has 1 heterocycles. The molecule has 1 aromatic heterocycles. The van der Waals surface area contributed by atoms with Gasteiger partial charge in [0.15, 0.2) is 0 Å². The molecule has 0 saturated heterocycles. The Labute approximate surface area is 185 Å². The van der Waals surface area contributed by atoms with E-state index in [1.807, 2.05) is 66.3 Å². The van der Waals surface area contributed by atoms with E-state index in [0.717, 1.165) is 24.1 Å². The molecule has 5 nitrogen and oxygen atoms in total. The van der Waals surface area contributed by atoms with Crippen LogP contribution in [-0.4, -0.2) is 23.3 Å². The summed E-state index contributed by atoms with van der Waals surface area (Å²) in [5, 5.41) is 4.12. The fourth-order valence-electron chi connectivity index (χ4n) is 2.55. The third-order valence-electron chi connectivity index (χ3n) is 3.72. The van der Waals surface area contributed by atoms with Gasteiger partial charge in [-0.25, -0.2) is 5.43 Å². The predicted molar refractivity (Wildman–Crippen MR) is 124 cm³/mol. The average Bonchev–Trinajstić information content (AvgIpc) is 3.19. The highest BCUT2D eigenvalue weighted by molar-refractivity contribution is 14.1. The molecule has 3 rings (SSSR count). The molecule has 0 aliphatic rings. The third-order valence-corrected chi connectivity index (χ3v) is 5.32. The predicted octanol–water partition coefficient (Wildman–Crippen LogP) is 4.85. The van der Waals surface area contributed by atoms with Crippen molar-refractivity contribution in [3.63, 3.8) is 0 Å². The number of hydrogen-bond donors (Lipinski definition) is 1. The van der Waals surface area contributed by atoms with Gasteiger partial charge in [0.2, 0.25) is 0 Å². The summed E-state index contributed by atoms with van der Waals surface area (Å²) in [7, 11) is 0. The van der Waals surface area contributed by atoms with E-state index >= 15 is 0 Å². The van der Waals surface area contributed by atoms with Crippen molar-refractivity contribution in [2.24, 2.45) is 5.10 Å². The smallest absolute Gasteiger partial charge is 0.273 e. The van der Waals surface area contributed by atoms with Crippen LogP contribution in [0.25, 0.3) is 5.69 Å². The Balaban J connectivity index is 1.75. The Morgan fingerprint density at radius 2 is 1.81 bits per heavy atom. The maximum Gasteiger partial charge on any atom is 0.273 e. The monoisotopic (exact) mass is 585 g/mol. The molecule has 7 heteroatoms. The van der Waals surface area contributed by atoms with Gasteiger partial charge in [-0.1, -0.05) is 12.1 Å². The molecule has 3 aromatic rings. The number of aromatic nitrogens is 1. The lowest BCUT2D eigenvalue weighted by Gasteiger charge is -2.10. The second kappa shape index (κ2) is 9.36. The van der Waals surface area contributed by atoms with Gasteiger partial charge in [0, 0.05) is 12.4 Å². The molecule has 0 fully saturated rings. The molecule has 0 atom stereocenters. The highest BCUT2D eigenvalue weighted by Gasteiger charge is 2.11. The molecule has 0 aliphatic heterocycles. The minimum Gasteiger partial charge on any atom is -0.492 e. The third kappa shape index (κ3) is 4.89. The topological polar surface area (TPSA) is 55.6 Å². The van der Waals surface area contributed by atoms with E-state index in [1.165, 1.54) is 0 Å². The number of benzene rings is 2. The zero-order valence-electron chi connectivity index (χ0n) is 14.5. The number of amides is 1. The average molecular weight is 585 g/mol. The maximum absolute atomic E-state index is 12.6. The van der Waals surface area contributed by atoms with E-state index in [2.05, 4.69) is 55.7 Å². The standard InChI is InChI=1S/C20H17I2N3O2/c1-2-27-19-16(21)11-14(12-17(19)22)13-23-24-20(26)15-7-3-4-8-18(15)25-9-5-6-10-25/h3-13H,2H2,1H3,(H,24,26)/b23-13-. The summed E-state index contributed by atoms with van der Waals surface area (Å²) in [6, 6.07) is 15.2. The van der Waals surface area contributed by atoms with E-state index in [9.17, 15) is 4.79 Å². The highest BCUT2D eigenvalue weighted by atomic mass is 127. The van der Waals surface area contributed by atoms with Crippen molar-refractivity contribution in [3.05, 3.63) is 79.2 Å². The number of carbonyl (C=O) groups excluding carboxylic acids is 1. The summed E-state index contributed by atoms with van der Waals surface area (Å²) >= 11 is 4.48. The fourth-order valence-corrected chi connectivity index (χ4v) is 4.68. The quantitative estimate of drug-likeness (QED) is 0.256. The van der Waals surface area contributed by atoms with Gasteiger partial charge < -0.3 is 9.30 Å². The van der Waals surface area contributed by atoms with Gasteiger partial charge in [-0.15, -0.1) is 0 Å². The number of para-hydroxylation sites is 1. The van der Waals surface area contributed by atoms with Gasteiger partial charge in [0.05, 0.1) is 31.2 Å². The lowest BCUT2D eigenvalue weighted by Crippen LogP contribution is -2.19. The summed E-state index contributed by atoms with van der Waals surface area (Å²) in [6.45, 7) is 2.58. The summed E-state index contributed by atoms with van der Waals surface area (Å²) in [4.78, 5) is 12.6. The van der Waals surface area contributed by atoms with Crippen molar-refractivity contribution in [2.75, 3.05) is 6.61 Å². The van der Waals surface area contributed by atoms with Gasteiger partial charge in [-0.3, -0.25) is 4.79 Å². The van der Waals surface area contributed by atoms with Gasteiger partial charge >= 0.3 is 0 Å². The Morgan fingerprint density at radius 3 is 2.48 bits per heavy atom. The first-order valence-electron chi connectivity index (χ1n) is 8.27. The van der Waals surface area contributed by atoms with Gasteiger partial charge in [-0.2, -0.15) is 5.10 Å². The first-order valence-corrected chi connectivity index (χ1v) is 10.4. The van der Waals surface area contributed by atoms with Crippen molar-refractivity contribution in [3.8, 4) is 11.4 Å². The number of nitrogens with zero attached hydrogens (tertiary/aromatic N) is 2. The number of carbonyl (C=O) groups is 1. The van der Waals surface area contributed by atoms with Crippen LogP contribution in [0, 0.1) is 7.14 Å². The fraction of sp³-hybridized carbons (Fsp3) is 0.100. The number of rotatable bonds is 6. The molecular weight excluding hydrogens is 568 g/mol. The van der Waals surface area contributed by atoms with Crippen molar-refractivity contribution in [1.29, 1.82) is 0 Å². The number of halogens is 2. The molecule has 0 aliphatic carbocycles. The summed E-state index contributed by atoms with van der Waals surface area (Å²) in [5.41, 5.74) is 4.87. The van der Waals surface area contributed by atoms with E-state index in [-0.39, 0.29) is 5.91 Å². The molecule has 138 valence electrons. The SMILES string of the molecule is CCOc1c(I)cc(/C=N\NC(=O)c2ccccc2-n2cccc2)cc1I. The van der Waals surface area contributed by atoms with E-state index < -0.39 is 0 Å². The molecule has 27 heavy (non-hydrogen) atoms. The van der Waals surface area contributed by atoms with Crippen LogP contribution < -0.4 is 10.2 Å². The zero-order valence-corrected chi connectivity index (χ0v) is 18.8. The van der Waals surface area contributed by atoms with Crippen LogP contribution >= 0.6 is 45.2 Å². The van der Waals surface area contributed by atoms with E-state index in [1.54, 1.807) is 12.3 Å². The van der Waals surface area contributed by atoms with Crippen LogP contribution in [0.2, 0.25) is 0 Å². The van der Waals surface area contributed by atoms with Crippen LogP contribution in [0.3, 0.4) is 0 Å². The highest BCUT2D eigenvalue weighted by Crippen LogP contribution is 2.28. The van der Waals surface area contributed by atoms with Gasteiger partial charge in [-0.05, 0) is 94.1 Å². The van der Waals surface area contributed by atoms with Crippen LogP contribution in [0.4, 0.5) is 0 Å². The minimum atomic E-state index is -0.258. The summed E-state index contributed by atoms with van der Waals surface area (Å²) in [5.74, 6) is 0.617. The van der Waals surface area contributed by atoms with Gasteiger partial charge in [0.1, 0.15) is 5.75 Å². The molecular formula is C20H17I2N3O2. The molecule has 0 saturated carbocycles. The molecule has 0 radical (unpaired) electrons. The second-order valence-electron chi connectivity index (χ2n) is 5.55. The Morgan fingerprint density at radius 1 is 1.15 bits per heavy atom. The number of ether oxygens (including phenoxy) is 1. The van der Waals surface area contributed by atoms with Crippen LogP contribution in [0.5, 0.6) is 5.75 Å². The van der Waals surface area contributed by atoms with Crippen LogP contribution in [0.1, 0.15) is 22.8 Å². The van der Waals surface area contributed by atoms with Crippen LogP contribution in [0.15, 0.2) is 66.0 Å². The van der Waals surface area contributed by atoms with Crippen molar-refractivity contribution in [2.45, 2.75) is 6.92 Å². The normalized spacial score (nSPS) is 10.9. The molecule has 0 spiro atoms. The summed E-state index contributed by atoms with van der Waals surface area (Å²) in [6.07, 6.45) is 5.44. The Hall–Kier alpha value is -1.88. The molecule has 0 bridgehead atoms. The van der Waals surface area contributed by atoms with Crippen molar-refractivity contribution < 1.29 is 9.53 Å². The zero-order chi connectivity index (χ0) is 19.2. The lowest BCUT2D eigenvalue weighted by atomic mass is 10.1. The van der Waals surface area contributed by atoms with E-state index in [0.29, 0.717) is 12.2 Å². The molecule has 1 N–H and O–H groups in total. The Kier molecular flexibility index (Phi) is 6.89. The number of hydrazone groups is 1. The van der Waals surface area contributed by atoms with Gasteiger partial charge in [0.25, 0.3) is 5.91 Å². The number of hydrogen-bond acceptors (Lipinski definition) is 3. The lowest BCUT2D eigenvalue weighted by molar-refractivity contribution is 0.0955. The minimum absolute atomic E-state index is 0.258. The largest absolute Gasteiger partial charge is 0.492 e. The first-order chi connectivity index (χ1) is 13.1. The molecule has 2 aromatic carbocycles. The molecule has 1 amide bonds. The number of nitrogens with one attached hydrogen (secondary N) is 1.